The fourth-order valence-electron chi connectivity index (χ4n) is 3.33. The standard InChI is InChI=1S/C21H33N3O4/c1-6-10-28-18-9-8-16(11-19(18)26-4)12-23-21(22-7-2)24-13-15(3)17(14-24)20(25)27-5/h8-9,11,15,17H,6-7,10,12-14H2,1-5H3,(H,22,23). The molecule has 2 atom stereocenters. The lowest BCUT2D eigenvalue weighted by Crippen LogP contribution is -2.40. The predicted octanol–water partition coefficient (Wildman–Crippen LogP) is 2.69. The number of carbonyl (C=O) groups excluding carboxylic acids is 1. The number of benzene rings is 1. The van der Waals surface area contributed by atoms with Gasteiger partial charge in [-0.1, -0.05) is 19.9 Å². The second-order valence-corrected chi connectivity index (χ2v) is 7.02. The summed E-state index contributed by atoms with van der Waals surface area (Å²) >= 11 is 0. The lowest BCUT2D eigenvalue weighted by molar-refractivity contribution is -0.145. The minimum absolute atomic E-state index is 0.121. The number of hydrogen-bond donors (Lipinski definition) is 1. The summed E-state index contributed by atoms with van der Waals surface area (Å²) in [5.74, 6) is 2.23. The second-order valence-electron chi connectivity index (χ2n) is 7.02. The Morgan fingerprint density at radius 3 is 2.68 bits per heavy atom. The van der Waals surface area contributed by atoms with Gasteiger partial charge in [0, 0.05) is 19.6 Å². The van der Waals surface area contributed by atoms with Crippen molar-refractivity contribution in [3.8, 4) is 11.5 Å². The third-order valence-corrected chi connectivity index (χ3v) is 4.85. The monoisotopic (exact) mass is 391 g/mol. The number of ether oxygens (including phenoxy) is 3. The number of rotatable bonds is 8. The smallest absolute Gasteiger partial charge is 0.310 e. The van der Waals surface area contributed by atoms with Crippen LogP contribution >= 0.6 is 0 Å². The molecule has 156 valence electrons. The topological polar surface area (TPSA) is 72.4 Å². The van der Waals surface area contributed by atoms with Crippen LogP contribution in [0.1, 0.15) is 32.8 Å². The minimum atomic E-state index is -0.154. The average molecular weight is 392 g/mol. The number of hydrogen-bond acceptors (Lipinski definition) is 5. The Kier molecular flexibility index (Phi) is 8.42. The lowest BCUT2D eigenvalue weighted by Gasteiger charge is -2.21. The molecule has 0 radical (unpaired) electrons. The van der Waals surface area contributed by atoms with Crippen molar-refractivity contribution >= 4 is 11.9 Å². The van der Waals surface area contributed by atoms with Gasteiger partial charge in [-0.05, 0) is 37.0 Å². The second kappa shape index (κ2) is 10.8. The van der Waals surface area contributed by atoms with E-state index in [-0.39, 0.29) is 17.8 Å². The van der Waals surface area contributed by atoms with Crippen molar-refractivity contribution in [1.82, 2.24) is 10.2 Å². The van der Waals surface area contributed by atoms with Crippen molar-refractivity contribution in [3.63, 3.8) is 0 Å². The fraction of sp³-hybridized carbons (Fsp3) is 0.619. The molecule has 0 amide bonds. The van der Waals surface area contributed by atoms with Crippen LogP contribution in [0, 0.1) is 11.8 Å². The van der Waals surface area contributed by atoms with Crippen LogP contribution in [-0.4, -0.2) is 57.3 Å². The Bertz CT molecular complexity index is 678. The molecule has 28 heavy (non-hydrogen) atoms. The van der Waals surface area contributed by atoms with Gasteiger partial charge >= 0.3 is 5.97 Å². The summed E-state index contributed by atoms with van der Waals surface area (Å²) < 4.78 is 16.1. The van der Waals surface area contributed by atoms with E-state index in [1.807, 2.05) is 25.1 Å². The molecule has 7 nitrogen and oxygen atoms in total. The van der Waals surface area contributed by atoms with E-state index in [0.29, 0.717) is 25.4 Å². The summed E-state index contributed by atoms with van der Waals surface area (Å²) in [5, 5.41) is 3.33. The van der Waals surface area contributed by atoms with Gasteiger partial charge < -0.3 is 24.4 Å². The summed E-state index contributed by atoms with van der Waals surface area (Å²) in [6, 6.07) is 5.89. The number of methoxy groups -OCH3 is 2. The highest BCUT2D eigenvalue weighted by atomic mass is 16.5. The van der Waals surface area contributed by atoms with Gasteiger partial charge in [0.2, 0.25) is 0 Å². The number of aliphatic imine (C=N–C) groups is 1. The molecule has 2 rings (SSSR count). The largest absolute Gasteiger partial charge is 0.493 e. The number of nitrogens with zero attached hydrogens (tertiary/aromatic N) is 2. The Hall–Kier alpha value is -2.44. The van der Waals surface area contributed by atoms with Crippen molar-refractivity contribution in [2.75, 3.05) is 40.5 Å². The third kappa shape index (κ3) is 5.53. The number of guanidine groups is 1. The van der Waals surface area contributed by atoms with E-state index < -0.39 is 0 Å². The fourth-order valence-corrected chi connectivity index (χ4v) is 3.33. The van der Waals surface area contributed by atoms with E-state index in [0.717, 1.165) is 36.8 Å². The molecule has 1 aromatic carbocycles. The van der Waals surface area contributed by atoms with Gasteiger partial charge in [-0.15, -0.1) is 0 Å². The molecule has 1 aromatic rings. The van der Waals surface area contributed by atoms with Gasteiger partial charge in [0.05, 0.1) is 33.3 Å². The molecule has 7 heteroatoms. The Labute approximate surface area is 168 Å². The summed E-state index contributed by atoms with van der Waals surface area (Å²) in [4.78, 5) is 18.9. The first-order chi connectivity index (χ1) is 13.5. The zero-order valence-electron chi connectivity index (χ0n) is 17.7. The van der Waals surface area contributed by atoms with Crippen LogP contribution in [0.2, 0.25) is 0 Å². The van der Waals surface area contributed by atoms with E-state index in [2.05, 4.69) is 24.1 Å². The minimum Gasteiger partial charge on any atom is -0.493 e. The van der Waals surface area contributed by atoms with Gasteiger partial charge in [0.1, 0.15) is 0 Å². The summed E-state index contributed by atoms with van der Waals surface area (Å²) in [5.41, 5.74) is 1.04. The first-order valence-corrected chi connectivity index (χ1v) is 9.94. The van der Waals surface area contributed by atoms with E-state index in [9.17, 15) is 4.79 Å². The van der Waals surface area contributed by atoms with Crippen molar-refractivity contribution in [1.29, 1.82) is 0 Å². The Morgan fingerprint density at radius 2 is 2.04 bits per heavy atom. The maximum absolute atomic E-state index is 12.0. The molecule has 0 aromatic heterocycles. The summed E-state index contributed by atoms with van der Waals surface area (Å²) in [6.07, 6.45) is 0.946. The summed E-state index contributed by atoms with van der Waals surface area (Å²) in [7, 11) is 3.09. The molecule has 0 bridgehead atoms. The predicted molar refractivity (Wildman–Crippen MR) is 110 cm³/mol. The van der Waals surface area contributed by atoms with Crippen molar-refractivity contribution in [3.05, 3.63) is 23.8 Å². The van der Waals surface area contributed by atoms with Crippen LogP contribution in [0.3, 0.4) is 0 Å². The van der Waals surface area contributed by atoms with Gasteiger partial charge in [0.15, 0.2) is 17.5 Å². The quantitative estimate of drug-likeness (QED) is 0.417. The van der Waals surface area contributed by atoms with Crippen LogP contribution in [0.25, 0.3) is 0 Å². The maximum atomic E-state index is 12.0. The van der Waals surface area contributed by atoms with E-state index in [1.54, 1.807) is 7.11 Å². The molecule has 1 fully saturated rings. The molecule has 1 saturated heterocycles. The van der Waals surface area contributed by atoms with Gasteiger partial charge in [-0.25, -0.2) is 4.99 Å². The molecule has 2 unspecified atom stereocenters. The molecule has 1 aliphatic heterocycles. The molecule has 1 N–H and O–H groups in total. The first kappa shape index (κ1) is 21.9. The third-order valence-electron chi connectivity index (χ3n) is 4.85. The molecular weight excluding hydrogens is 358 g/mol. The first-order valence-electron chi connectivity index (χ1n) is 9.94. The van der Waals surface area contributed by atoms with Crippen molar-refractivity contribution in [2.45, 2.75) is 33.7 Å². The van der Waals surface area contributed by atoms with E-state index in [1.165, 1.54) is 7.11 Å². The Balaban J connectivity index is 2.11. The highest BCUT2D eigenvalue weighted by molar-refractivity contribution is 5.82. The molecule has 1 aliphatic rings. The van der Waals surface area contributed by atoms with Crippen LogP contribution in [0.4, 0.5) is 0 Å². The maximum Gasteiger partial charge on any atom is 0.310 e. The van der Waals surface area contributed by atoms with Crippen LogP contribution in [-0.2, 0) is 16.1 Å². The van der Waals surface area contributed by atoms with Gasteiger partial charge in [-0.2, -0.15) is 0 Å². The number of nitrogens with one attached hydrogen (secondary N) is 1. The molecule has 0 saturated carbocycles. The number of esters is 1. The lowest BCUT2D eigenvalue weighted by atomic mass is 9.99. The number of carbonyl (C=O) groups is 1. The normalized spacial score (nSPS) is 19.5. The van der Waals surface area contributed by atoms with Gasteiger partial charge in [-0.3, -0.25) is 4.79 Å². The number of likely N-dealkylation sites (tertiary alicyclic amines) is 1. The average Bonchev–Trinajstić information content (AvgIpc) is 3.10. The van der Waals surface area contributed by atoms with Crippen molar-refractivity contribution < 1.29 is 19.0 Å². The van der Waals surface area contributed by atoms with Crippen molar-refractivity contribution in [2.24, 2.45) is 16.8 Å². The zero-order valence-corrected chi connectivity index (χ0v) is 17.7. The molecule has 0 spiro atoms. The van der Waals surface area contributed by atoms with Crippen LogP contribution in [0.15, 0.2) is 23.2 Å². The highest BCUT2D eigenvalue weighted by Gasteiger charge is 2.36. The van der Waals surface area contributed by atoms with E-state index in [4.69, 9.17) is 19.2 Å². The Morgan fingerprint density at radius 1 is 1.25 bits per heavy atom. The zero-order chi connectivity index (χ0) is 20.5. The van der Waals surface area contributed by atoms with Gasteiger partial charge in [0.25, 0.3) is 0 Å². The molecule has 0 aliphatic carbocycles. The molecule has 1 heterocycles. The van der Waals surface area contributed by atoms with Crippen LogP contribution in [0.5, 0.6) is 11.5 Å². The summed E-state index contributed by atoms with van der Waals surface area (Å²) in [6.45, 7) is 9.52. The molecular formula is C21H33N3O4. The van der Waals surface area contributed by atoms with Crippen LogP contribution < -0.4 is 14.8 Å². The van der Waals surface area contributed by atoms with E-state index >= 15 is 0 Å². The highest BCUT2D eigenvalue weighted by Crippen LogP contribution is 2.29. The SMILES string of the molecule is CCCOc1ccc(CN=C(NCC)N2CC(C)C(C(=O)OC)C2)cc1OC.